The van der Waals surface area contributed by atoms with E-state index in [4.69, 9.17) is 0 Å². The first-order chi connectivity index (χ1) is 8.81. The predicted molar refractivity (Wildman–Crippen MR) is 71.6 cm³/mol. The molecule has 2 rings (SSSR count). The van der Waals surface area contributed by atoms with Crippen LogP contribution in [0.2, 0.25) is 0 Å². The first-order valence-corrected chi connectivity index (χ1v) is 6.99. The van der Waals surface area contributed by atoms with E-state index in [9.17, 15) is 4.79 Å². The SMILES string of the molecule is CCCCNC(=O)CSc1nnc2ccccn12. The molecule has 18 heavy (non-hydrogen) atoms. The van der Waals surface area contributed by atoms with Crippen molar-refractivity contribution in [2.24, 2.45) is 0 Å². The van der Waals surface area contributed by atoms with Crippen LogP contribution in [-0.4, -0.2) is 32.8 Å². The number of rotatable bonds is 6. The Balaban J connectivity index is 1.88. The molecule has 0 saturated carbocycles. The van der Waals surface area contributed by atoms with Crippen LogP contribution >= 0.6 is 11.8 Å². The fourth-order valence-electron chi connectivity index (χ4n) is 1.50. The third kappa shape index (κ3) is 3.22. The average molecular weight is 264 g/mol. The van der Waals surface area contributed by atoms with Crippen LogP contribution in [0.5, 0.6) is 0 Å². The number of thioether (sulfide) groups is 1. The van der Waals surface area contributed by atoms with Crippen LogP contribution in [0, 0.1) is 0 Å². The summed E-state index contributed by atoms with van der Waals surface area (Å²) in [5.41, 5.74) is 0.798. The Bertz CT molecular complexity index is 526. The summed E-state index contributed by atoms with van der Waals surface area (Å²) < 4.78 is 1.88. The summed E-state index contributed by atoms with van der Waals surface area (Å²) in [7, 11) is 0. The van der Waals surface area contributed by atoms with Gasteiger partial charge in [-0.15, -0.1) is 10.2 Å². The third-order valence-corrected chi connectivity index (χ3v) is 3.41. The summed E-state index contributed by atoms with van der Waals surface area (Å²) in [6, 6.07) is 5.72. The molecule has 0 fully saturated rings. The molecule has 0 atom stereocenters. The monoisotopic (exact) mass is 264 g/mol. The standard InChI is InChI=1S/C12H16N4OS/c1-2-3-7-13-11(17)9-18-12-15-14-10-6-4-5-8-16(10)12/h4-6,8H,2-3,7,9H2,1H3,(H,13,17). The van der Waals surface area contributed by atoms with E-state index in [1.54, 1.807) is 0 Å². The van der Waals surface area contributed by atoms with Crippen molar-refractivity contribution in [2.45, 2.75) is 24.9 Å². The van der Waals surface area contributed by atoms with Crippen molar-refractivity contribution < 1.29 is 4.79 Å². The number of carbonyl (C=O) groups is 1. The van der Waals surface area contributed by atoms with Crippen LogP contribution in [0.15, 0.2) is 29.6 Å². The number of nitrogens with one attached hydrogen (secondary N) is 1. The largest absolute Gasteiger partial charge is 0.355 e. The van der Waals surface area contributed by atoms with E-state index in [-0.39, 0.29) is 5.91 Å². The van der Waals surface area contributed by atoms with Gasteiger partial charge >= 0.3 is 0 Å². The van der Waals surface area contributed by atoms with E-state index in [0.717, 1.165) is 30.2 Å². The normalized spacial score (nSPS) is 10.7. The molecular formula is C12H16N4OS. The molecule has 0 unspecified atom stereocenters. The van der Waals surface area contributed by atoms with Crippen LogP contribution in [0.25, 0.3) is 5.65 Å². The lowest BCUT2D eigenvalue weighted by molar-refractivity contribution is -0.118. The molecule has 2 heterocycles. The lowest BCUT2D eigenvalue weighted by Gasteiger charge is -2.03. The molecule has 0 aliphatic rings. The Morgan fingerprint density at radius 1 is 1.44 bits per heavy atom. The lowest BCUT2D eigenvalue weighted by Crippen LogP contribution is -2.26. The maximum Gasteiger partial charge on any atom is 0.230 e. The number of amides is 1. The van der Waals surface area contributed by atoms with Gasteiger partial charge in [0.25, 0.3) is 0 Å². The van der Waals surface area contributed by atoms with E-state index in [0.29, 0.717) is 5.75 Å². The summed E-state index contributed by atoms with van der Waals surface area (Å²) in [6.45, 7) is 2.85. The van der Waals surface area contributed by atoms with E-state index in [2.05, 4.69) is 22.4 Å². The summed E-state index contributed by atoms with van der Waals surface area (Å²) in [5, 5.41) is 11.7. The number of pyridine rings is 1. The van der Waals surface area contributed by atoms with Crippen molar-refractivity contribution in [3.8, 4) is 0 Å². The first-order valence-electron chi connectivity index (χ1n) is 6.00. The van der Waals surface area contributed by atoms with Crippen molar-refractivity contribution in [1.29, 1.82) is 0 Å². The number of nitrogens with zero attached hydrogens (tertiary/aromatic N) is 3. The highest BCUT2D eigenvalue weighted by Crippen LogP contribution is 2.15. The van der Waals surface area contributed by atoms with Crippen LogP contribution in [-0.2, 0) is 4.79 Å². The molecule has 1 amide bonds. The van der Waals surface area contributed by atoms with E-state index in [1.807, 2.05) is 28.8 Å². The minimum Gasteiger partial charge on any atom is -0.355 e. The van der Waals surface area contributed by atoms with Gasteiger partial charge in [-0.3, -0.25) is 9.20 Å². The predicted octanol–water partition coefficient (Wildman–Crippen LogP) is 1.74. The van der Waals surface area contributed by atoms with Gasteiger partial charge in [0.1, 0.15) is 0 Å². The molecule has 2 aromatic heterocycles. The molecule has 0 aromatic carbocycles. The van der Waals surface area contributed by atoms with Crippen molar-refractivity contribution in [2.75, 3.05) is 12.3 Å². The van der Waals surface area contributed by atoms with Crippen LogP contribution < -0.4 is 5.32 Å². The maximum atomic E-state index is 11.6. The van der Waals surface area contributed by atoms with Gasteiger partial charge in [0, 0.05) is 12.7 Å². The molecule has 0 spiro atoms. The highest BCUT2D eigenvalue weighted by atomic mass is 32.2. The fourth-order valence-corrected chi connectivity index (χ4v) is 2.26. The van der Waals surface area contributed by atoms with Crippen LogP contribution in [0.1, 0.15) is 19.8 Å². The zero-order valence-corrected chi connectivity index (χ0v) is 11.1. The summed E-state index contributed by atoms with van der Waals surface area (Å²) in [6.07, 6.45) is 4.00. The molecule has 6 heteroatoms. The fraction of sp³-hybridized carbons (Fsp3) is 0.417. The van der Waals surface area contributed by atoms with Gasteiger partial charge in [-0.2, -0.15) is 0 Å². The number of hydrogen-bond acceptors (Lipinski definition) is 4. The van der Waals surface area contributed by atoms with Gasteiger partial charge in [0.2, 0.25) is 5.91 Å². The molecule has 0 bridgehead atoms. The smallest absolute Gasteiger partial charge is 0.230 e. The van der Waals surface area contributed by atoms with Gasteiger partial charge in [-0.25, -0.2) is 0 Å². The molecule has 2 aromatic rings. The first kappa shape index (κ1) is 12.9. The van der Waals surface area contributed by atoms with Gasteiger partial charge in [0.05, 0.1) is 5.75 Å². The highest BCUT2D eigenvalue weighted by molar-refractivity contribution is 7.99. The zero-order chi connectivity index (χ0) is 12.8. The minimum atomic E-state index is 0.0427. The Hall–Kier alpha value is -1.56. The Morgan fingerprint density at radius 2 is 2.33 bits per heavy atom. The second-order valence-electron chi connectivity index (χ2n) is 3.90. The van der Waals surface area contributed by atoms with Gasteiger partial charge in [-0.05, 0) is 18.6 Å². The van der Waals surface area contributed by atoms with Gasteiger partial charge in [0.15, 0.2) is 10.8 Å². The Labute approximate surface area is 110 Å². The number of aromatic nitrogens is 3. The van der Waals surface area contributed by atoms with Gasteiger partial charge in [-0.1, -0.05) is 31.2 Å². The molecule has 0 saturated heterocycles. The Morgan fingerprint density at radius 3 is 3.17 bits per heavy atom. The number of fused-ring (bicyclic) bond motifs is 1. The van der Waals surface area contributed by atoms with Crippen molar-refractivity contribution in [1.82, 2.24) is 19.9 Å². The third-order valence-electron chi connectivity index (χ3n) is 2.47. The minimum absolute atomic E-state index is 0.0427. The van der Waals surface area contributed by atoms with Gasteiger partial charge < -0.3 is 5.32 Å². The second-order valence-corrected chi connectivity index (χ2v) is 4.85. The number of carbonyl (C=O) groups excluding carboxylic acids is 1. The van der Waals surface area contributed by atoms with E-state index in [1.165, 1.54) is 11.8 Å². The van der Waals surface area contributed by atoms with E-state index >= 15 is 0 Å². The number of unbranched alkanes of at least 4 members (excludes halogenated alkanes) is 1. The lowest BCUT2D eigenvalue weighted by atomic mass is 10.3. The zero-order valence-electron chi connectivity index (χ0n) is 10.3. The molecular weight excluding hydrogens is 248 g/mol. The summed E-state index contributed by atoms with van der Waals surface area (Å²) >= 11 is 1.40. The second kappa shape index (κ2) is 6.39. The molecule has 0 radical (unpaired) electrons. The topological polar surface area (TPSA) is 59.3 Å². The summed E-state index contributed by atoms with van der Waals surface area (Å²) in [4.78, 5) is 11.6. The molecule has 5 nitrogen and oxygen atoms in total. The molecule has 0 aliphatic carbocycles. The Kier molecular flexibility index (Phi) is 4.58. The molecule has 96 valence electrons. The summed E-state index contributed by atoms with van der Waals surface area (Å²) in [5.74, 6) is 0.417. The molecule has 0 aliphatic heterocycles. The van der Waals surface area contributed by atoms with Crippen molar-refractivity contribution in [3.05, 3.63) is 24.4 Å². The van der Waals surface area contributed by atoms with Crippen molar-refractivity contribution >= 4 is 23.3 Å². The van der Waals surface area contributed by atoms with E-state index < -0.39 is 0 Å². The van der Waals surface area contributed by atoms with Crippen molar-refractivity contribution in [3.63, 3.8) is 0 Å². The quantitative estimate of drug-likeness (QED) is 0.638. The van der Waals surface area contributed by atoms with Crippen LogP contribution in [0.4, 0.5) is 0 Å². The molecule has 1 N–H and O–H groups in total. The average Bonchev–Trinajstić information content (AvgIpc) is 2.80. The van der Waals surface area contributed by atoms with Crippen LogP contribution in [0.3, 0.4) is 0 Å². The highest BCUT2D eigenvalue weighted by Gasteiger charge is 2.07. The number of hydrogen-bond donors (Lipinski definition) is 1. The maximum absolute atomic E-state index is 11.6.